The number of hydrogen-bond acceptors (Lipinski definition) is 4. The Kier molecular flexibility index (Phi) is 3.81. The van der Waals surface area contributed by atoms with Crippen molar-refractivity contribution in [3.05, 3.63) is 29.8 Å². The fourth-order valence-corrected chi connectivity index (χ4v) is 2.16. The molecule has 1 saturated heterocycles. The van der Waals surface area contributed by atoms with Gasteiger partial charge >= 0.3 is 0 Å². The highest BCUT2D eigenvalue weighted by atomic mass is 32.2. The van der Waals surface area contributed by atoms with Crippen molar-refractivity contribution < 1.29 is 13.2 Å². The Bertz CT molecular complexity index is 522. The molecule has 0 unspecified atom stereocenters. The maximum Gasteiger partial charge on any atom is 0.217 e. The summed E-state index contributed by atoms with van der Waals surface area (Å²) < 4.78 is 27.1. The maximum absolute atomic E-state index is 10.9. The molecule has 1 aliphatic rings. The lowest BCUT2D eigenvalue weighted by Crippen LogP contribution is -2.36. The highest BCUT2D eigenvalue weighted by Gasteiger charge is 2.11. The SMILES string of the molecule is CC(c1cccc(N2CCOCC2)c1)=S(=O)=O. The molecule has 1 heterocycles. The number of morpholine rings is 1. The van der Waals surface area contributed by atoms with Gasteiger partial charge in [-0.05, 0) is 24.6 Å². The van der Waals surface area contributed by atoms with Crippen molar-refractivity contribution in [2.45, 2.75) is 6.92 Å². The summed E-state index contributed by atoms with van der Waals surface area (Å²) in [4.78, 5) is 2.58. The van der Waals surface area contributed by atoms with E-state index in [1.54, 1.807) is 6.92 Å². The summed E-state index contributed by atoms with van der Waals surface area (Å²) >= 11 is 0. The monoisotopic (exact) mass is 253 g/mol. The second kappa shape index (κ2) is 5.33. The molecule has 0 bridgehead atoms. The van der Waals surface area contributed by atoms with Crippen LogP contribution in [0.2, 0.25) is 0 Å². The van der Waals surface area contributed by atoms with E-state index in [9.17, 15) is 8.42 Å². The van der Waals surface area contributed by atoms with Gasteiger partial charge in [0.1, 0.15) is 0 Å². The van der Waals surface area contributed by atoms with Gasteiger partial charge in [-0.2, -0.15) is 8.42 Å². The molecule has 0 N–H and O–H groups in total. The summed E-state index contributed by atoms with van der Waals surface area (Å²) in [5, 5.41) is 0. The summed E-state index contributed by atoms with van der Waals surface area (Å²) in [5.41, 5.74) is 1.80. The topological polar surface area (TPSA) is 46.6 Å². The Morgan fingerprint density at radius 3 is 2.65 bits per heavy atom. The van der Waals surface area contributed by atoms with Crippen LogP contribution in [-0.4, -0.2) is 39.6 Å². The van der Waals surface area contributed by atoms with Crippen LogP contribution in [0.3, 0.4) is 0 Å². The lowest BCUT2D eigenvalue weighted by atomic mass is 10.1. The van der Waals surface area contributed by atoms with Crippen LogP contribution in [0.5, 0.6) is 0 Å². The number of nitrogens with zero attached hydrogens (tertiary/aromatic N) is 1. The summed E-state index contributed by atoms with van der Waals surface area (Å²) in [6, 6.07) is 7.61. The zero-order valence-electron chi connectivity index (χ0n) is 9.72. The smallest absolute Gasteiger partial charge is 0.217 e. The summed E-state index contributed by atoms with van der Waals surface area (Å²) in [6.07, 6.45) is 0. The van der Waals surface area contributed by atoms with Crippen LogP contribution in [0, 0.1) is 0 Å². The molecule has 0 amide bonds. The Morgan fingerprint density at radius 2 is 2.00 bits per heavy atom. The fraction of sp³-hybridized carbons (Fsp3) is 0.417. The quantitative estimate of drug-likeness (QED) is 0.581. The van der Waals surface area contributed by atoms with Crippen LogP contribution >= 0.6 is 0 Å². The average Bonchev–Trinajstić information content (AvgIpc) is 2.39. The van der Waals surface area contributed by atoms with Crippen LogP contribution in [0.15, 0.2) is 24.3 Å². The molecule has 92 valence electrons. The lowest BCUT2D eigenvalue weighted by Gasteiger charge is -2.29. The number of rotatable bonds is 2. The third-order valence-electron chi connectivity index (χ3n) is 2.88. The maximum atomic E-state index is 10.9. The molecule has 4 nitrogen and oxygen atoms in total. The number of hydrogen-bond donors (Lipinski definition) is 0. The minimum absolute atomic E-state index is 0.375. The number of anilines is 1. The third-order valence-corrected chi connectivity index (χ3v) is 3.61. The molecule has 0 atom stereocenters. The molecule has 1 fully saturated rings. The predicted molar refractivity (Wildman–Crippen MR) is 68.2 cm³/mol. The largest absolute Gasteiger partial charge is 0.378 e. The first-order valence-corrected chi connectivity index (χ1v) is 6.62. The molecular weight excluding hydrogens is 238 g/mol. The second-order valence-corrected chi connectivity index (χ2v) is 5.02. The van der Waals surface area contributed by atoms with Gasteiger partial charge in [0.15, 0.2) is 0 Å². The van der Waals surface area contributed by atoms with Crippen molar-refractivity contribution in [3.63, 3.8) is 0 Å². The normalized spacial score (nSPS) is 15.7. The number of ether oxygens (including phenoxy) is 1. The van der Waals surface area contributed by atoms with Crippen LogP contribution in [0.4, 0.5) is 5.69 Å². The molecular formula is C12H15NO3S. The Balaban J connectivity index is 2.31. The fourth-order valence-electron chi connectivity index (χ4n) is 1.84. The van der Waals surface area contributed by atoms with Crippen molar-refractivity contribution in [3.8, 4) is 0 Å². The second-order valence-electron chi connectivity index (χ2n) is 3.94. The van der Waals surface area contributed by atoms with Crippen molar-refractivity contribution in [2.75, 3.05) is 31.2 Å². The Labute approximate surface area is 102 Å². The predicted octanol–water partition coefficient (Wildman–Crippen LogP) is 0.943. The Hall–Kier alpha value is -1.33. The number of benzene rings is 1. The minimum atomic E-state index is -2.15. The van der Waals surface area contributed by atoms with Gasteiger partial charge in [0.2, 0.25) is 10.3 Å². The molecule has 0 aromatic heterocycles. The summed E-state index contributed by atoms with van der Waals surface area (Å²) in [5.74, 6) is 0. The van der Waals surface area contributed by atoms with Gasteiger partial charge in [-0.15, -0.1) is 0 Å². The van der Waals surface area contributed by atoms with Gasteiger partial charge in [0.25, 0.3) is 0 Å². The molecule has 0 spiro atoms. The molecule has 5 heteroatoms. The molecule has 1 aliphatic heterocycles. The molecule has 2 rings (SSSR count). The van der Waals surface area contributed by atoms with Crippen LogP contribution < -0.4 is 4.90 Å². The van der Waals surface area contributed by atoms with E-state index in [0.29, 0.717) is 4.86 Å². The first kappa shape index (κ1) is 12.1. The molecule has 1 aromatic carbocycles. The average molecular weight is 253 g/mol. The minimum Gasteiger partial charge on any atom is -0.378 e. The van der Waals surface area contributed by atoms with Crippen molar-refractivity contribution in [1.82, 2.24) is 0 Å². The van der Waals surface area contributed by atoms with Gasteiger partial charge in [0, 0.05) is 18.8 Å². The van der Waals surface area contributed by atoms with Crippen LogP contribution in [0.25, 0.3) is 0 Å². The highest BCUT2D eigenvalue weighted by Crippen LogP contribution is 2.17. The summed E-state index contributed by atoms with van der Waals surface area (Å²) in [7, 11) is -2.15. The van der Waals surface area contributed by atoms with Gasteiger partial charge < -0.3 is 9.64 Å². The standard InChI is InChI=1S/C12H15NO3S/c1-10(17(14)15)11-3-2-4-12(9-11)13-5-7-16-8-6-13/h2-4,9H,5-8H2,1H3. The molecule has 0 saturated carbocycles. The van der Waals surface area contributed by atoms with Crippen molar-refractivity contribution in [2.24, 2.45) is 0 Å². The van der Waals surface area contributed by atoms with E-state index >= 15 is 0 Å². The van der Waals surface area contributed by atoms with E-state index in [1.165, 1.54) is 0 Å². The third kappa shape index (κ3) is 2.87. The van der Waals surface area contributed by atoms with E-state index in [0.717, 1.165) is 37.6 Å². The summed E-state index contributed by atoms with van der Waals surface area (Å²) in [6.45, 7) is 4.76. The van der Waals surface area contributed by atoms with Crippen molar-refractivity contribution >= 4 is 20.8 Å². The zero-order chi connectivity index (χ0) is 12.3. The van der Waals surface area contributed by atoms with E-state index < -0.39 is 10.3 Å². The van der Waals surface area contributed by atoms with Gasteiger partial charge in [-0.1, -0.05) is 12.1 Å². The molecule has 0 radical (unpaired) electrons. The van der Waals surface area contributed by atoms with E-state index in [2.05, 4.69) is 4.90 Å². The van der Waals surface area contributed by atoms with Crippen LogP contribution in [-0.2, 0) is 15.0 Å². The van der Waals surface area contributed by atoms with E-state index in [-0.39, 0.29) is 0 Å². The molecule has 1 aromatic rings. The van der Waals surface area contributed by atoms with Crippen LogP contribution in [0.1, 0.15) is 12.5 Å². The van der Waals surface area contributed by atoms with Gasteiger partial charge in [-0.25, -0.2) is 0 Å². The lowest BCUT2D eigenvalue weighted by molar-refractivity contribution is 0.122. The molecule has 0 aliphatic carbocycles. The van der Waals surface area contributed by atoms with Gasteiger partial charge in [-0.3, -0.25) is 0 Å². The first-order valence-electron chi connectivity index (χ1n) is 5.54. The Morgan fingerprint density at radius 1 is 1.29 bits per heavy atom. The van der Waals surface area contributed by atoms with Crippen molar-refractivity contribution in [1.29, 1.82) is 0 Å². The van der Waals surface area contributed by atoms with Gasteiger partial charge in [0.05, 0.1) is 18.1 Å². The highest BCUT2D eigenvalue weighted by molar-refractivity contribution is 7.73. The van der Waals surface area contributed by atoms with E-state index in [1.807, 2.05) is 24.3 Å². The van der Waals surface area contributed by atoms with E-state index in [4.69, 9.17) is 4.74 Å². The molecule has 17 heavy (non-hydrogen) atoms. The zero-order valence-corrected chi connectivity index (χ0v) is 10.5. The first-order chi connectivity index (χ1) is 8.18.